The molecule has 4 saturated heterocycles. The summed E-state index contributed by atoms with van der Waals surface area (Å²) in [4.78, 5) is 29.0. The van der Waals surface area contributed by atoms with E-state index in [-0.39, 0.29) is 41.9 Å². The molecule has 1 aromatic carbocycles. The number of hydrogen-bond donors (Lipinski definition) is 0. The van der Waals surface area contributed by atoms with Gasteiger partial charge in [-0.25, -0.2) is 4.39 Å². The van der Waals surface area contributed by atoms with Gasteiger partial charge in [0.2, 0.25) is 5.78 Å². The van der Waals surface area contributed by atoms with Gasteiger partial charge in [0.05, 0.1) is 6.04 Å². The van der Waals surface area contributed by atoms with Crippen LogP contribution in [0.3, 0.4) is 0 Å². The lowest BCUT2D eigenvalue weighted by atomic mass is 9.75. The summed E-state index contributed by atoms with van der Waals surface area (Å²) < 4.78 is 13.3. The molecule has 24 heavy (non-hydrogen) atoms. The third-order valence-corrected chi connectivity index (χ3v) is 6.11. The van der Waals surface area contributed by atoms with Crippen LogP contribution in [-0.2, 0) is 9.59 Å². The summed E-state index contributed by atoms with van der Waals surface area (Å²) in [6, 6.07) is 7.03. The Labute approximate surface area is 141 Å². The maximum absolute atomic E-state index is 13.3. The number of amides is 1. The second-order valence-electron chi connectivity index (χ2n) is 7.25. The largest absolute Gasteiger partial charge is 0.331 e. The fraction of sp³-hybridized carbons (Fsp3) is 0.579. The molecule has 0 N–H and O–H groups in total. The van der Waals surface area contributed by atoms with E-state index in [1.807, 2.05) is 17.0 Å². The van der Waals surface area contributed by atoms with Crippen molar-refractivity contribution in [1.82, 2.24) is 9.80 Å². The van der Waals surface area contributed by atoms with E-state index in [1.165, 1.54) is 12.1 Å². The monoisotopic (exact) mass is 330 g/mol. The molecule has 5 heteroatoms. The molecule has 2 bridgehead atoms. The Bertz CT molecular complexity index is 652. The first-order valence-electron chi connectivity index (χ1n) is 8.93. The average Bonchev–Trinajstić information content (AvgIpc) is 3.05. The number of carbonyl (C=O) groups is 2. The van der Waals surface area contributed by atoms with Crippen molar-refractivity contribution < 1.29 is 14.0 Å². The summed E-state index contributed by atoms with van der Waals surface area (Å²) in [5.74, 6) is -0.227. The molecule has 4 heterocycles. The molecule has 0 unspecified atom stereocenters. The number of likely N-dealkylation sites (tertiary alicyclic amines) is 1. The Hall–Kier alpha value is -1.75. The minimum atomic E-state index is -0.328. The predicted octanol–water partition coefficient (Wildman–Crippen LogP) is 2.19. The topological polar surface area (TPSA) is 40.6 Å². The Morgan fingerprint density at radius 3 is 2.42 bits per heavy atom. The highest BCUT2D eigenvalue weighted by Crippen LogP contribution is 2.46. The van der Waals surface area contributed by atoms with Crippen molar-refractivity contribution in [2.75, 3.05) is 19.6 Å². The van der Waals surface area contributed by atoms with Crippen molar-refractivity contribution in [3.63, 3.8) is 0 Å². The van der Waals surface area contributed by atoms with E-state index in [0.717, 1.165) is 31.5 Å². The Morgan fingerprint density at radius 2 is 1.79 bits per heavy atom. The molecule has 0 saturated carbocycles. The molecule has 5 rings (SSSR count). The molecule has 3 atom stereocenters. The number of rotatable bonds is 3. The van der Waals surface area contributed by atoms with Crippen LogP contribution in [0.25, 0.3) is 0 Å². The number of ketones is 1. The second-order valence-corrected chi connectivity index (χ2v) is 7.25. The van der Waals surface area contributed by atoms with Crippen molar-refractivity contribution in [2.24, 2.45) is 5.92 Å². The average molecular weight is 330 g/mol. The summed E-state index contributed by atoms with van der Waals surface area (Å²) >= 11 is 0. The number of hydrogen-bond acceptors (Lipinski definition) is 3. The van der Waals surface area contributed by atoms with Crippen LogP contribution in [0.1, 0.15) is 37.7 Å². The van der Waals surface area contributed by atoms with Crippen LogP contribution in [0, 0.1) is 11.7 Å². The summed E-state index contributed by atoms with van der Waals surface area (Å²) in [7, 11) is 0. The van der Waals surface area contributed by atoms with Gasteiger partial charge in [-0.05, 0) is 49.5 Å². The molecule has 4 aliphatic rings. The van der Waals surface area contributed by atoms with E-state index in [9.17, 15) is 14.0 Å². The molecule has 128 valence electrons. The van der Waals surface area contributed by atoms with E-state index in [4.69, 9.17) is 0 Å². The first kappa shape index (κ1) is 15.8. The van der Waals surface area contributed by atoms with E-state index in [0.29, 0.717) is 12.5 Å². The first-order chi connectivity index (χ1) is 11.6. The third-order valence-electron chi connectivity index (χ3n) is 6.11. The summed E-state index contributed by atoms with van der Waals surface area (Å²) in [5.41, 5.74) is 1.07. The highest BCUT2D eigenvalue weighted by Gasteiger charge is 2.55. The first-order valence-corrected chi connectivity index (χ1v) is 8.93. The number of carbonyl (C=O) groups excluding carboxylic acids is 2. The lowest BCUT2D eigenvalue weighted by molar-refractivity contribution is -0.147. The molecule has 0 spiro atoms. The standard InChI is InChI=1S/C19H23FN2O2/c1-2-16(23)19(24)22-11-15(12-3-5-14(20)6-4-12)18-17(22)13-7-9-21(18)10-8-13/h3-6,13,15,17-18H,2,7-11H2,1H3/t15-,17+,18+/m0/s1. The number of fused-ring (bicyclic) bond motifs is 2. The fourth-order valence-electron chi connectivity index (χ4n) is 4.97. The van der Waals surface area contributed by atoms with Crippen LogP contribution in [0.2, 0.25) is 0 Å². The molecular formula is C19H23FN2O2. The maximum atomic E-state index is 13.3. The molecule has 0 radical (unpaired) electrons. The predicted molar refractivity (Wildman–Crippen MR) is 88.0 cm³/mol. The van der Waals surface area contributed by atoms with E-state index < -0.39 is 0 Å². The van der Waals surface area contributed by atoms with Crippen molar-refractivity contribution in [3.8, 4) is 0 Å². The zero-order valence-electron chi connectivity index (χ0n) is 14.0. The normalized spacial score (nSPS) is 34.2. The Balaban J connectivity index is 1.69. The minimum absolute atomic E-state index is 0.130. The van der Waals surface area contributed by atoms with Crippen molar-refractivity contribution >= 4 is 11.7 Å². The molecular weight excluding hydrogens is 307 g/mol. The highest BCUT2D eigenvalue weighted by molar-refractivity contribution is 6.36. The maximum Gasteiger partial charge on any atom is 0.290 e. The van der Waals surface area contributed by atoms with E-state index in [1.54, 1.807) is 6.92 Å². The number of nitrogens with zero attached hydrogens (tertiary/aromatic N) is 2. The van der Waals surface area contributed by atoms with Gasteiger partial charge in [-0.1, -0.05) is 19.1 Å². The Kier molecular flexibility index (Phi) is 3.91. The Morgan fingerprint density at radius 1 is 1.12 bits per heavy atom. The molecule has 1 amide bonds. The highest BCUT2D eigenvalue weighted by atomic mass is 19.1. The molecule has 4 nitrogen and oxygen atoms in total. The fourth-order valence-corrected chi connectivity index (χ4v) is 4.97. The van der Waals surface area contributed by atoms with E-state index in [2.05, 4.69) is 4.90 Å². The van der Waals surface area contributed by atoms with Gasteiger partial charge in [0.1, 0.15) is 5.82 Å². The summed E-state index contributed by atoms with van der Waals surface area (Å²) in [5, 5.41) is 0. The van der Waals surface area contributed by atoms with Gasteiger partial charge in [0.15, 0.2) is 0 Å². The minimum Gasteiger partial charge on any atom is -0.331 e. The van der Waals surface area contributed by atoms with Crippen LogP contribution < -0.4 is 0 Å². The molecule has 0 aliphatic carbocycles. The van der Waals surface area contributed by atoms with Crippen LogP contribution in [0.4, 0.5) is 4.39 Å². The SMILES string of the molecule is CCC(=O)C(=O)N1C[C@@H](c2ccc(F)cc2)[C@@H]2[C@H]1C1CCN2CC1. The van der Waals surface area contributed by atoms with Gasteiger partial charge in [-0.2, -0.15) is 0 Å². The zero-order chi connectivity index (χ0) is 16.8. The van der Waals surface area contributed by atoms with Gasteiger partial charge in [-0.3, -0.25) is 14.5 Å². The summed E-state index contributed by atoms with van der Waals surface area (Å²) in [6.07, 6.45) is 2.45. The molecule has 1 aromatic rings. The van der Waals surface area contributed by atoms with Gasteiger partial charge in [-0.15, -0.1) is 0 Å². The van der Waals surface area contributed by atoms with E-state index >= 15 is 0 Å². The van der Waals surface area contributed by atoms with Crippen LogP contribution in [-0.4, -0.2) is 53.2 Å². The van der Waals surface area contributed by atoms with Crippen molar-refractivity contribution in [3.05, 3.63) is 35.6 Å². The van der Waals surface area contributed by atoms with Gasteiger partial charge >= 0.3 is 0 Å². The van der Waals surface area contributed by atoms with Gasteiger partial charge in [0.25, 0.3) is 5.91 Å². The van der Waals surface area contributed by atoms with Crippen molar-refractivity contribution in [1.29, 1.82) is 0 Å². The molecule has 4 fully saturated rings. The third kappa shape index (κ3) is 2.37. The molecule has 0 aromatic heterocycles. The quantitative estimate of drug-likeness (QED) is 0.798. The lowest BCUT2D eigenvalue weighted by Gasteiger charge is -2.51. The lowest BCUT2D eigenvalue weighted by Crippen LogP contribution is -2.61. The second kappa shape index (κ2) is 5.96. The van der Waals surface area contributed by atoms with Crippen LogP contribution >= 0.6 is 0 Å². The number of halogens is 1. The summed E-state index contributed by atoms with van der Waals surface area (Å²) in [6.45, 7) is 4.43. The number of piperidine rings is 3. The van der Waals surface area contributed by atoms with Crippen molar-refractivity contribution in [2.45, 2.75) is 44.2 Å². The number of benzene rings is 1. The van der Waals surface area contributed by atoms with Crippen LogP contribution in [0.15, 0.2) is 24.3 Å². The molecule has 4 aliphatic heterocycles. The van der Waals surface area contributed by atoms with Crippen LogP contribution in [0.5, 0.6) is 0 Å². The smallest absolute Gasteiger partial charge is 0.290 e. The van der Waals surface area contributed by atoms with Gasteiger partial charge in [0, 0.05) is 24.9 Å². The number of Topliss-reactive ketones (excluding diaryl/α,β-unsaturated/α-hetero) is 1. The zero-order valence-corrected chi connectivity index (χ0v) is 14.0. The van der Waals surface area contributed by atoms with Gasteiger partial charge < -0.3 is 4.90 Å².